The minimum Gasteiger partial charge on any atom is -0.383 e. The van der Waals surface area contributed by atoms with Gasteiger partial charge < -0.3 is 11.1 Å². The van der Waals surface area contributed by atoms with E-state index in [1.165, 1.54) is 0 Å². The Bertz CT molecular complexity index is 511. The summed E-state index contributed by atoms with van der Waals surface area (Å²) < 4.78 is 0. The zero-order valence-corrected chi connectivity index (χ0v) is 9.97. The Hall–Kier alpha value is -2.18. The molecule has 0 saturated heterocycles. The Morgan fingerprint density at radius 2 is 2.28 bits per heavy atom. The van der Waals surface area contributed by atoms with E-state index in [2.05, 4.69) is 10.3 Å². The number of amides is 1. The molecule has 0 atom stereocenters. The largest absolute Gasteiger partial charge is 0.383 e. The molecule has 1 heterocycles. The van der Waals surface area contributed by atoms with E-state index in [9.17, 15) is 14.9 Å². The molecule has 1 aliphatic carbocycles. The van der Waals surface area contributed by atoms with Gasteiger partial charge in [0.25, 0.3) is 11.6 Å². The first kappa shape index (κ1) is 12.3. The summed E-state index contributed by atoms with van der Waals surface area (Å²) >= 11 is 0. The summed E-state index contributed by atoms with van der Waals surface area (Å²) in [7, 11) is 0. The molecule has 18 heavy (non-hydrogen) atoms. The minimum absolute atomic E-state index is 0.000948. The number of nitrogens with two attached hydrogens (primary N) is 1. The van der Waals surface area contributed by atoms with E-state index in [4.69, 9.17) is 5.73 Å². The van der Waals surface area contributed by atoms with Crippen LogP contribution in [0, 0.1) is 10.1 Å². The molecule has 2 rings (SSSR count). The summed E-state index contributed by atoms with van der Waals surface area (Å²) in [6, 6.07) is 1.15. The smallest absolute Gasteiger partial charge is 0.288 e. The zero-order chi connectivity index (χ0) is 13.3. The highest BCUT2D eigenvalue weighted by molar-refractivity contribution is 5.99. The Kier molecular flexibility index (Phi) is 2.90. The van der Waals surface area contributed by atoms with Crippen LogP contribution < -0.4 is 11.1 Å². The number of nitro groups is 1. The van der Waals surface area contributed by atoms with Gasteiger partial charge in [-0.1, -0.05) is 0 Å². The van der Waals surface area contributed by atoms with Crippen LogP contribution in [-0.4, -0.2) is 21.4 Å². The number of nitrogens with one attached hydrogen (secondary N) is 1. The third kappa shape index (κ3) is 2.24. The van der Waals surface area contributed by atoms with Gasteiger partial charge in [0.05, 0.1) is 10.5 Å². The van der Waals surface area contributed by atoms with Gasteiger partial charge in [-0.2, -0.15) is 0 Å². The fourth-order valence-electron chi connectivity index (χ4n) is 1.92. The van der Waals surface area contributed by atoms with Gasteiger partial charge in [0.15, 0.2) is 0 Å². The van der Waals surface area contributed by atoms with E-state index in [0.29, 0.717) is 0 Å². The summed E-state index contributed by atoms with van der Waals surface area (Å²) in [5.41, 5.74) is 5.16. The number of rotatable bonds is 3. The highest BCUT2D eigenvalue weighted by Crippen LogP contribution is 2.31. The second kappa shape index (κ2) is 4.25. The molecular formula is C11H14N4O3. The van der Waals surface area contributed by atoms with Gasteiger partial charge in [0.2, 0.25) is 0 Å². The van der Waals surface area contributed by atoms with Gasteiger partial charge in [0.1, 0.15) is 12.0 Å². The maximum Gasteiger partial charge on any atom is 0.288 e. The molecule has 0 spiro atoms. The van der Waals surface area contributed by atoms with E-state index in [1.54, 1.807) is 0 Å². The fourth-order valence-corrected chi connectivity index (χ4v) is 1.92. The first-order valence-corrected chi connectivity index (χ1v) is 5.64. The Balaban J connectivity index is 2.23. The first-order valence-electron chi connectivity index (χ1n) is 5.64. The molecule has 1 aromatic heterocycles. The number of anilines is 1. The lowest BCUT2D eigenvalue weighted by Gasteiger charge is -2.39. The van der Waals surface area contributed by atoms with Crippen molar-refractivity contribution in [3.05, 3.63) is 27.9 Å². The number of aromatic nitrogens is 1. The van der Waals surface area contributed by atoms with Crippen LogP contribution >= 0.6 is 0 Å². The van der Waals surface area contributed by atoms with Crippen molar-refractivity contribution in [3.8, 4) is 0 Å². The van der Waals surface area contributed by atoms with Crippen molar-refractivity contribution in [3.63, 3.8) is 0 Å². The van der Waals surface area contributed by atoms with E-state index in [-0.39, 0.29) is 22.6 Å². The number of hydrogen-bond acceptors (Lipinski definition) is 5. The number of carbonyl (C=O) groups excluding carboxylic acids is 1. The van der Waals surface area contributed by atoms with Gasteiger partial charge >= 0.3 is 0 Å². The van der Waals surface area contributed by atoms with E-state index < -0.39 is 10.8 Å². The average Bonchev–Trinajstić information content (AvgIpc) is 2.27. The molecule has 1 amide bonds. The predicted octanol–water partition coefficient (Wildman–Crippen LogP) is 1.24. The van der Waals surface area contributed by atoms with Crippen molar-refractivity contribution in [2.45, 2.75) is 31.7 Å². The normalized spacial score (nSPS) is 16.7. The molecular weight excluding hydrogens is 236 g/mol. The van der Waals surface area contributed by atoms with Crippen LogP contribution in [-0.2, 0) is 0 Å². The standard InChI is InChI=1S/C11H14N4O3/c1-11(3-2-4-11)14-10(16)8-5-7(15(17)18)6-13-9(8)12/h5-6H,2-4H2,1H3,(H2,12,13)(H,14,16). The molecule has 0 aromatic carbocycles. The second-order valence-corrected chi connectivity index (χ2v) is 4.75. The number of nitrogens with zero attached hydrogens (tertiary/aromatic N) is 2. The number of carbonyl (C=O) groups is 1. The van der Waals surface area contributed by atoms with Crippen molar-refractivity contribution in [2.75, 3.05) is 5.73 Å². The predicted molar refractivity (Wildman–Crippen MR) is 65.0 cm³/mol. The molecule has 0 radical (unpaired) electrons. The molecule has 0 aliphatic heterocycles. The lowest BCUT2D eigenvalue weighted by Crippen LogP contribution is -2.51. The quantitative estimate of drug-likeness (QED) is 0.619. The molecule has 3 N–H and O–H groups in total. The van der Waals surface area contributed by atoms with Crippen molar-refractivity contribution in [2.24, 2.45) is 0 Å². The molecule has 96 valence electrons. The van der Waals surface area contributed by atoms with E-state index >= 15 is 0 Å². The molecule has 1 saturated carbocycles. The second-order valence-electron chi connectivity index (χ2n) is 4.75. The van der Waals surface area contributed by atoms with Gasteiger partial charge in [-0.05, 0) is 26.2 Å². The highest BCUT2D eigenvalue weighted by atomic mass is 16.6. The molecule has 1 aromatic rings. The summed E-state index contributed by atoms with van der Waals surface area (Å²) in [6.45, 7) is 1.94. The first-order chi connectivity index (χ1) is 8.41. The van der Waals surface area contributed by atoms with Crippen LogP contribution in [0.15, 0.2) is 12.3 Å². The van der Waals surface area contributed by atoms with Crippen LogP contribution in [0.5, 0.6) is 0 Å². The topological polar surface area (TPSA) is 111 Å². The lowest BCUT2D eigenvalue weighted by atomic mass is 9.78. The maximum absolute atomic E-state index is 12.0. The van der Waals surface area contributed by atoms with Gasteiger partial charge in [0, 0.05) is 11.6 Å². The highest BCUT2D eigenvalue weighted by Gasteiger charge is 2.34. The third-order valence-corrected chi connectivity index (χ3v) is 3.23. The summed E-state index contributed by atoms with van der Waals surface area (Å²) in [5.74, 6) is -0.410. The Morgan fingerprint density at radius 1 is 1.61 bits per heavy atom. The number of pyridine rings is 1. The van der Waals surface area contributed by atoms with Crippen LogP contribution in [0.4, 0.5) is 11.5 Å². The Morgan fingerprint density at radius 3 is 2.78 bits per heavy atom. The van der Waals surface area contributed by atoms with Gasteiger partial charge in [-0.15, -0.1) is 0 Å². The summed E-state index contributed by atoms with van der Waals surface area (Å²) in [5, 5.41) is 13.5. The molecule has 1 fully saturated rings. The fraction of sp³-hybridized carbons (Fsp3) is 0.455. The molecule has 7 heteroatoms. The van der Waals surface area contributed by atoms with Gasteiger partial charge in [-0.25, -0.2) is 4.98 Å². The lowest BCUT2D eigenvalue weighted by molar-refractivity contribution is -0.385. The van der Waals surface area contributed by atoms with Crippen LogP contribution in [0.25, 0.3) is 0 Å². The summed E-state index contributed by atoms with van der Waals surface area (Å²) in [6.07, 6.45) is 3.92. The van der Waals surface area contributed by atoms with Crippen molar-refractivity contribution < 1.29 is 9.72 Å². The monoisotopic (exact) mass is 250 g/mol. The van der Waals surface area contributed by atoms with Crippen molar-refractivity contribution in [1.82, 2.24) is 10.3 Å². The molecule has 0 unspecified atom stereocenters. The minimum atomic E-state index is -0.603. The summed E-state index contributed by atoms with van der Waals surface area (Å²) in [4.78, 5) is 25.7. The van der Waals surface area contributed by atoms with Crippen LogP contribution in [0.2, 0.25) is 0 Å². The third-order valence-electron chi connectivity index (χ3n) is 3.23. The van der Waals surface area contributed by atoms with Crippen LogP contribution in [0.1, 0.15) is 36.5 Å². The molecule has 1 aliphatic rings. The van der Waals surface area contributed by atoms with Crippen molar-refractivity contribution >= 4 is 17.4 Å². The van der Waals surface area contributed by atoms with Crippen LogP contribution in [0.3, 0.4) is 0 Å². The molecule has 0 bridgehead atoms. The zero-order valence-electron chi connectivity index (χ0n) is 9.97. The van der Waals surface area contributed by atoms with Gasteiger partial charge in [-0.3, -0.25) is 14.9 Å². The average molecular weight is 250 g/mol. The molecule has 7 nitrogen and oxygen atoms in total. The van der Waals surface area contributed by atoms with E-state index in [1.807, 2.05) is 6.92 Å². The van der Waals surface area contributed by atoms with Crippen molar-refractivity contribution in [1.29, 1.82) is 0 Å². The SMILES string of the molecule is CC1(NC(=O)c2cc([N+](=O)[O-])cnc2N)CCC1. The maximum atomic E-state index is 12.0. The Labute approximate surface area is 104 Å². The number of nitrogen functional groups attached to an aromatic ring is 1. The number of hydrogen-bond donors (Lipinski definition) is 2. The van der Waals surface area contributed by atoms with E-state index in [0.717, 1.165) is 31.5 Å².